The molecule has 10 heteroatoms. The number of aliphatic hydroxyl groups excluding tert-OH is 2. The molecule has 0 aromatic heterocycles. The maximum Gasteiger partial charge on any atom is 0.278 e. The largest absolute Gasteiger partial charge is 0.393 e. The molecule has 0 aromatic rings. The van der Waals surface area contributed by atoms with Gasteiger partial charge < -0.3 is 35.8 Å². The highest BCUT2D eigenvalue weighted by atomic mass is 32.2. The zero-order valence-electron chi connectivity index (χ0n) is 14.3. The minimum atomic E-state index is -2.28. The molecule has 0 aliphatic carbocycles. The molecule has 144 valence electrons. The molecule has 0 aromatic carbocycles. The Balaban J connectivity index is 2.30. The van der Waals surface area contributed by atoms with Crippen LogP contribution in [-0.4, -0.2) is 80.1 Å². The van der Waals surface area contributed by atoms with Gasteiger partial charge >= 0.3 is 0 Å². The third-order valence-corrected chi connectivity index (χ3v) is 5.97. The lowest BCUT2D eigenvalue weighted by atomic mass is 9.83. The summed E-state index contributed by atoms with van der Waals surface area (Å²) in [5, 5.41) is 45.0. The number of piperazine rings is 1. The van der Waals surface area contributed by atoms with E-state index in [0.717, 1.165) is 19.1 Å². The molecule has 25 heavy (non-hydrogen) atoms. The predicted octanol–water partition coefficient (Wildman–Crippen LogP) is -2.10. The summed E-state index contributed by atoms with van der Waals surface area (Å²) in [6.45, 7) is 2.24. The second-order valence-corrected chi connectivity index (χ2v) is 7.89. The molecule has 3 heterocycles. The van der Waals surface area contributed by atoms with E-state index >= 15 is 0 Å². The highest BCUT2D eigenvalue weighted by molar-refractivity contribution is 7.99. The van der Waals surface area contributed by atoms with Gasteiger partial charge in [-0.25, -0.2) is 0 Å². The molecule has 2 bridgehead atoms. The Morgan fingerprint density at radius 3 is 2.68 bits per heavy atom. The Labute approximate surface area is 150 Å². The monoisotopic (exact) mass is 378 g/mol. The number of carbonyl (C=O) groups is 2. The summed E-state index contributed by atoms with van der Waals surface area (Å²) in [6, 6.07) is 0. The highest BCUT2D eigenvalue weighted by Gasteiger charge is 2.64. The zero-order chi connectivity index (χ0) is 18.9. The van der Waals surface area contributed by atoms with Crippen molar-refractivity contribution in [3.63, 3.8) is 0 Å². The quantitative estimate of drug-likeness (QED) is 0.276. The van der Waals surface area contributed by atoms with Gasteiger partial charge in [-0.3, -0.25) is 9.59 Å². The molecule has 3 aliphatic rings. The minimum absolute atomic E-state index is 0.0219. The normalized spacial score (nSPS) is 36.0. The summed E-state index contributed by atoms with van der Waals surface area (Å²) in [5.41, 5.74) is -6.50. The summed E-state index contributed by atoms with van der Waals surface area (Å²) in [4.78, 5) is 25.2. The Morgan fingerprint density at radius 1 is 1.40 bits per heavy atom. The molecule has 2 amide bonds. The van der Waals surface area contributed by atoms with E-state index in [2.05, 4.69) is 10.6 Å². The summed E-state index contributed by atoms with van der Waals surface area (Å²) in [7, 11) is 0. The van der Waals surface area contributed by atoms with Crippen molar-refractivity contribution >= 4 is 23.6 Å². The van der Waals surface area contributed by atoms with Gasteiger partial charge in [0.1, 0.15) is 11.7 Å². The molecule has 9 nitrogen and oxygen atoms in total. The van der Waals surface area contributed by atoms with Crippen molar-refractivity contribution in [2.45, 2.75) is 49.8 Å². The van der Waals surface area contributed by atoms with Crippen LogP contribution >= 0.6 is 11.8 Å². The lowest BCUT2D eigenvalue weighted by molar-refractivity contribution is -0.240. The first-order valence-electron chi connectivity index (χ1n) is 8.24. The molecule has 0 saturated carbocycles. The molecule has 0 radical (unpaired) electrons. The van der Waals surface area contributed by atoms with E-state index in [-0.39, 0.29) is 13.0 Å². The van der Waals surface area contributed by atoms with E-state index in [4.69, 9.17) is 4.74 Å². The number of nitrogens with one attached hydrogen (secondary N) is 2. The predicted molar refractivity (Wildman–Crippen MR) is 89.4 cm³/mol. The number of ether oxygens (including phenoxy) is 1. The van der Waals surface area contributed by atoms with Crippen molar-refractivity contribution in [1.29, 1.82) is 0 Å². The van der Waals surface area contributed by atoms with Crippen molar-refractivity contribution in [3.8, 4) is 0 Å². The molecule has 6 N–H and O–H groups in total. The highest BCUT2D eigenvalue weighted by Crippen LogP contribution is 2.35. The van der Waals surface area contributed by atoms with Crippen LogP contribution in [0.3, 0.4) is 0 Å². The fraction of sp³-hybridized carbons (Fsp3) is 0.867. The van der Waals surface area contributed by atoms with E-state index in [1.165, 1.54) is 0 Å². The van der Waals surface area contributed by atoms with Crippen LogP contribution < -0.4 is 10.6 Å². The smallest absolute Gasteiger partial charge is 0.278 e. The van der Waals surface area contributed by atoms with Gasteiger partial charge in [-0.2, -0.15) is 11.8 Å². The summed E-state index contributed by atoms with van der Waals surface area (Å²) in [6.07, 6.45) is -0.725. The lowest BCUT2D eigenvalue weighted by Crippen LogP contribution is -2.83. The SMILES string of the molecule is CCCSCC1CCO[C@]2([C@@H](O)[C@@](C)(O)CO)NC(=O)[C@@]1(O)NC2=O. The van der Waals surface area contributed by atoms with Crippen LogP contribution in [0.15, 0.2) is 0 Å². The molecule has 0 spiro atoms. The van der Waals surface area contributed by atoms with Gasteiger partial charge in [0.15, 0.2) is 0 Å². The number of rotatable bonds is 7. The van der Waals surface area contributed by atoms with E-state index < -0.39 is 47.5 Å². The fourth-order valence-electron chi connectivity index (χ4n) is 2.97. The standard InChI is InChI=1S/C15H26N2O7S/c1-3-6-25-7-9-4-5-24-15(10(19)13(2,22)8-18)12(21)16-14(9,23)11(20)17-15/h9-10,18-19,22-23H,3-8H2,1-2H3,(H,16,21)(H,17,20)/t9?,10-,13-,14+,15-/m0/s1. The van der Waals surface area contributed by atoms with E-state index in [1.807, 2.05) is 6.92 Å². The van der Waals surface area contributed by atoms with E-state index in [9.17, 15) is 30.0 Å². The number of fused-ring (bicyclic) bond motifs is 5. The number of hydrogen-bond donors (Lipinski definition) is 6. The number of carbonyl (C=O) groups excluding carboxylic acids is 2. The average molecular weight is 378 g/mol. The molecule has 3 fully saturated rings. The minimum Gasteiger partial charge on any atom is -0.393 e. The summed E-state index contributed by atoms with van der Waals surface area (Å²) >= 11 is 1.56. The van der Waals surface area contributed by atoms with Crippen molar-refractivity contribution in [2.75, 3.05) is 24.7 Å². The van der Waals surface area contributed by atoms with Gasteiger partial charge in [-0.15, -0.1) is 0 Å². The number of thioether (sulfide) groups is 1. The van der Waals surface area contributed by atoms with Gasteiger partial charge in [-0.1, -0.05) is 6.92 Å². The van der Waals surface area contributed by atoms with Crippen LogP contribution in [0.25, 0.3) is 0 Å². The Hall–Kier alpha value is -0.910. The zero-order valence-corrected chi connectivity index (χ0v) is 15.1. The molecular formula is C15H26N2O7S. The van der Waals surface area contributed by atoms with Crippen molar-refractivity contribution in [3.05, 3.63) is 0 Å². The van der Waals surface area contributed by atoms with Crippen molar-refractivity contribution in [1.82, 2.24) is 10.6 Å². The van der Waals surface area contributed by atoms with Gasteiger partial charge in [-0.05, 0) is 25.5 Å². The Morgan fingerprint density at radius 2 is 2.08 bits per heavy atom. The van der Waals surface area contributed by atoms with Crippen LogP contribution in [0.1, 0.15) is 26.7 Å². The van der Waals surface area contributed by atoms with E-state index in [0.29, 0.717) is 5.75 Å². The Kier molecular flexibility index (Phi) is 6.02. The maximum absolute atomic E-state index is 12.6. The second-order valence-electron chi connectivity index (χ2n) is 6.74. The molecule has 3 rings (SSSR count). The van der Waals surface area contributed by atoms with Crippen molar-refractivity contribution < 1.29 is 34.8 Å². The topological polar surface area (TPSA) is 148 Å². The van der Waals surface area contributed by atoms with Crippen LogP contribution in [0, 0.1) is 5.92 Å². The van der Waals surface area contributed by atoms with Gasteiger partial charge in [0.25, 0.3) is 17.5 Å². The summed E-state index contributed by atoms with van der Waals surface area (Å²) in [5.74, 6) is -1.15. The van der Waals surface area contributed by atoms with Crippen LogP contribution in [0.4, 0.5) is 0 Å². The number of aliphatic hydroxyl groups is 4. The second kappa shape index (κ2) is 7.37. The number of amides is 2. The Bertz CT molecular complexity index is 532. The number of hydrogen-bond acceptors (Lipinski definition) is 8. The molecular weight excluding hydrogens is 352 g/mol. The van der Waals surface area contributed by atoms with Gasteiger partial charge in [0.2, 0.25) is 5.72 Å². The average Bonchev–Trinajstić information content (AvgIpc) is 2.56. The van der Waals surface area contributed by atoms with Crippen LogP contribution in [0.2, 0.25) is 0 Å². The first kappa shape index (κ1) is 20.4. The molecule has 3 saturated heterocycles. The van der Waals surface area contributed by atoms with E-state index in [1.54, 1.807) is 11.8 Å². The van der Waals surface area contributed by atoms with Crippen molar-refractivity contribution in [2.24, 2.45) is 5.92 Å². The maximum atomic E-state index is 12.6. The molecule has 3 aliphatic heterocycles. The van der Waals surface area contributed by atoms with Gasteiger partial charge in [0.05, 0.1) is 13.2 Å². The molecule has 5 atom stereocenters. The van der Waals surface area contributed by atoms with Crippen LogP contribution in [0.5, 0.6) is 0 Å². The summed E-state index contributed by atoms with van der Waals surface area (Å²) < 4.78 is 5.49. The first-order valence-corrected chi connectivity index (χ1v) is 9.40. The molecule has 1 unspecified atom stereocenters. The lowest BCUT2D eigenvalue weighted by Gasteiger charge is -2.51. The third kappa shape index (κ3) is 3.51. The third-order valence-electron chi connectivity index (χ3n) is 4.64. The van der Waals surface area contributed by atoms with Crippen LogP contribution in [-0.2, 0) is 14.3 Å². The fourth-order valence-corrected chi connectivity index (χ4v) is 4.12. The first-order chi connectivity index (χ1) is 11.6. The van der Waals surface area contributed by atoms with Gasteiger partial charge in [0, 0.05) is 11.7 Å².